The Morgan fingerprint density at radius 2 is 2.04 bits per heavy atom. The van der Waals surface area contributed by atoms with Gasteiger partial charge in [0.25, 0.3) is 0 Å². The Morgan fingerprint density at radius 3 is 2.73 bits per heavy atom. The summed E-state index contributed by atoms with van der Waals surface area (Å²) in [4.78, 5) is 13.3. The Hall–Kier alpha value is -2.06. The standard InChI is InChI=1S/C18H25N5O2S/c1-4-25-17(24)15-6-5-7-21(11-15)12-22-18(26)23(20-19-22)16-9-13(2)8-14(3)10-16/h8-10,15H,4-7,11-12H2,1-3H3/p+1/t15-/m0/s1. The first kappa shape index (κ1) is 18.7. The molecule has 3 rings (SSSR count). The number of nitrogens with one attached hydrogen (secondary N) is 1. The SMILES string of the molecule is CCOC(=O)[C@H]1CCC[NH+](Cn2nnn(-c3cc(C)cc(C)c3)c2=S)C1. The summed E-state index contributed by atoms with van der Waals surface area (Å²) in [6, 6.07) is 6.21. The van der Waals surface area contributed by atoms with E-state index in [1.165, 1.54) is 4.90 Å². The largest absolute Gasteiger partial charge is 0.466 e. The highest BCUT2D eigenvalue weighted by atomic mass is 32.1. The molecule has 2 heterocycles. The molecule has 1 aromatic carbocycles. The summed E-state index contributed by atoms with van der Waals surface area (Å²) in [5.41, 5.74) is 3.25. The van der Waals surface area contributed by atoms with Crippen LogP contribution >= 0.6 is 12.2 Å². The predicted octanol–water partition coefficient (Wildman–Crippen LogP) is 1.23. The third-order valence-electron chi connectivity index (χ3n) is 4.70. The van der Waals surface area contributed by atoms with Crippen molar-refractivity contribution < 1.29 is 14.4 Å². The van der Waals surface area contributed by atoms with Crippen LogP contribution in [0.5, 0.6) is 0 Å². The zero-order valence-corrected chi connectivity index (χ0v) is 16.4. The Labute approximate surface area is 158 Å². The van der Waals surface area contributed by atoms with Gasteiger partial charge in [-0.3, -0.25) is 4.79 Å². The number of aryl methyl sites for hydroxylation is 2. The van der Waals surface area contributed by atoms with E-state index in [1.807, 2.05) is 19.1 Å². The van der Waals surface area contributed by atoms with Gasteiger partial charge in [-0.2, -0.15) is 9.36 Å². The Kier molecular flexibility index (Phi) is 5.83. The van der Waals surface area contributed by atoms with E-state index < -0.39 is 0 Å². The van der Waals surface area contributed by atoms with Gasteiger partial charge >= 0.3 is 5.97 Å². The quantitative estimate of drug-likeness (QED) is 0.628. The molecule has 2 atom stereocenters. The molecule has 0 saturated carbocycles. The lowest BCUT2D eigenvalue weighted by molar-refractivity contribution is -0.930. The molecule has 1 aliphatic heterocycles. The highest BCUT2D eigenvalue weighted by molar-refractivity contribution is 7.71. The summed E-state index contributed by atoms with van der Waals surface area (Å²) >= 11 is 5.58. The van der Waals surface area contributed by atoms with Crippen LogP contribution in [-0.2, 0) is 16.2 Å². The predicted molar refractivity (Wildman–Crippen MR) is 99.7 cm³/mol. The van der Waals surface area contributed by atoms with Gasteiger partial charge < -0.3 is 9.64 Å². The van der Waals surface area contributed by atoms with Crippen molar-refractivity contribution in [3.8, 4) is 5.69 Å². The minimum Gasteiger partial charge on any atom is -0.466 e. The normalized spacial score (nSPS) is 20.1. The van der Waals surface area contributed by atoms with Gasteiger partial charge in [0.05, 0.1) is 25.4 Å². The number of tetrazole rings is 1. The van der Waals surface area contributed by atoms with Crippen molar-refractivity contribution in [1.29, 1.82) is 0 Å². The summed E-state index contributed by atoms with van der Waals surface area (Å²) in [6.07, 6.45) is 1.89. The molecule has 0 aliphatic carbocycles. The zero-order chi connectivity index (χ0) is 18.7. The monoisotopic (exact) mass is 376 g/mol. The van der Waals surface area contributed by atoms with Crippen molar-refractivity contribution in [2.75, 3.05) is 19.7 Å². The van der Waals surface area contributed by atoms with E-state index in [9.17, 15) is 4.79 Å². The molecule has 1 saturated heterocycles. The molecule has 0 bridgehead atoms. The first-order chi connectivity index (χ1) is 12.5. The summed E-state index contributed by atoms with van der Waals surface area (Å²) in [5, 5.41) is 8.48. The first-order valence-corrected chi connectivity index (χ1v) is 9.50. The molecule has 1 fully saturated rings. The van der Waals surface area contributed by atoms with E-state index in [1.54, 1.807) is 9.36 Å². The van der Waals surface area contributed by atoms with Crippen molar-refractivity contribution in [2.45, 2.75) is 40.3 Å². The molecule has 7 nitrogen and oxygen atoms in total. The maximum Gasteiger partial charge on any atom is 0.314 e. The molecule has 8 heteroatoms. The van der Waals surface area contributed by atoms with Crippen LogP contribution in [0.1, 0.15) is 30.9 Å². The van der Waals surface area contributed by atoms with Crippen LogP contribution in [0.25, 0.3) is 5.69 Å². The number of quaternary nitrogens is 1. The van der Waals surface area contributed by atoms with Crippen LogP contribution in [0.4, 0.5) is 0 Å². The van der Waals surface area contributed by atoms with Gasteiger partial charge in [-0.15, -0.1) is 0 Å². The van der Waals surface area contributed by atoms with Crippen LogP contribution in [0.2, 0.25) is 0 Å². The van der Waals surface area contributed by atoms with Crippen LogP contribution in [-0.4, -0.2) is 45.5 Å². The van der Waals surface area contributed by atoms with Gasteiger partial charge in [0.2, 0.25) is 4.77 Å². The lowest BCUT2D eigenvalue weighted by atomic mass is 9.99. The molecular formula is C18H26N5O2S+. The molecule has 2 aromatic rings. The zero-order valence-electron chi connectivity index (χ0n) is 15.6. The van der Waals surface area contributed by atoms with Crippen LogP contribution in [0, 0.1) is 24.5 Å². The minimum absolute atomic E-state index is 0.0395. The van der Waals surface area contributed by atoms with Crippen molar-refractivity contribution in [3.63, 3.8) is 0 Å². The number of hydrogen-bond donors (Lipinski definition) is 1. The number of likely N-dealkylation sites (tertiary alicyclic amines) is 1. The molecule has 1 aliphatic rings. The van der Waals surface area contributed by atoms with Gasteiger partial charge in [0.1, 0.15) is 5.92 Å². The lowest BCUT2D eigenvalue weighted by Crippen LogP contribution is -3.13. The van der Waals surface area contributed by atoms with Crippen molar-refractivity contribution in [2.24, 2.45) is 5.92 Å². The van der Waals surface area contributed by atoms with Gasteiger partial charge in [-0.1, -0.05) is 6.07 Å². The fourth-order valence-electron chi connectivity index (χ4n) is 3.58. The second-order valence-corrected chi connectivity index (χ2v) is 7.34. The molecule has 1 aromatic heterocycles. The minimum atomic E-state index is -0.0906. The van der Waals surface area contributed by atoms with Gasteiger partial charge in [0, 0.05) is 0 Å². The molecule has 0 radical (unpaired) electrons. The average molecular weight is 377 g/mol. The van der Waals surface area contributed by atoms with Crippen LogP contribution < -0.4 is 4.90 Å². The van der Waals surface area contributed by atoms with Crippen LogP contribution in [0.3, 0.4) is 0 Å². The summed E-state index contributed by atoms with van der Waals surface area (Å²) in [7, 11) is 0. The number of ether oxygens (including phenoxy) is 1. The smallest absolute Gasteiger partial charge is 0.314 e. The number of nitrogens with zero attached hydrogens (tertiary/aromatic N) is 4. The Morgan fingerprint density at radius 1 is 1.31 bits per heavy atom. The molecule has 26 heavy (non-hydrogen) atoms. The summed E-state index contributed by atoms with van der Waals surface area (Å²) in [5.74, 6) is -0.130. The fraction of sp³-hybridized carbons (Fsp3) is 0.556. The Balaban J connectivity index is 1.74. The maximum atomic E-state index is 12.0. The average Bonchev–Trinajstić information content (AvgIpc) is 2.95. The van der Waals surface area contributed by atoms with E-state index >= 15 is 0 Å². The van der Waals surface area contributed by atoms with Crippen molar-refractivity contribution >= 4 is 18.2 Å². The molecule has 0 spiro atoms. The van der Waals surface area contributed by atoms with E-state index in [-0.39, 0.29) is 11.9 Å². The number of carbonyl (C=O) groups excluding carboxylic acids is 1. The van der Waals surface area contributed by atoms with Crippen molar-refractivity contribution in [1.82, 2.24) is 19.8 Å². The fourth-order valence-corrected chi connectivity index (χ4v) is 3.82. The molecule has 0 amide bonds. The number of aromatic nitrogens is 4. The summed E-state index contributed by atoms with van der Waals surface area (Å²) < 4.78 is 9.19. The first-order valence-electron chi connectivity index (χ1n) is 9.09. The number of piperidine rings is 1. The van der Waals surface area contributed by atoms with Gasteiger partial charge in [-0.05, 0) is 79.5 Å². The summed E-state index contributed by atoms with van der Waals surface area (Å²) in [6.45, 7) is 8.73. The number of esters is 1. The van der Waals surface area contributed by atoms with Gasteiger partial charge in [0.15, 0.2) is 6.67 Å². The lowest BCUT2D eigenvalue weighted by Gasteiger charge is -2.28. The van der Waals surface area contributed by atoms with E-state index in [4.69, 9.17) is 17.0 Å². The number of hydrogen-bond acceptors (Lipinski definition) is 5. The molecule has 1 unspecified atom stereocenters. The third kappa shape index (κ3) is 4.19. The second kappa shape index (κ2) is 8.09. The highest BCUT2D eigenvalue weighted by Gasteiger charge is 2.30. The molecule has 140 valence electrons. The Bertz CT molecular complexity index is 824. The molecular weight excluding hydrogens is 350 g/mol. The number of rotatable bonds is 5. The van der Waals surface area contributed by atoms with E-state index in [0.717, 1.165) is 42.7 Å². The maximum absolute atomic E-state index is 12.0. The third-order valence-corrected chi connectivity index (χ3v) is 5.09. The second-order valence-electron chi connectivity index (χ2n) is 6.97. The van der Waals surface area contributed by atoms with Gasteiger partial charge in [-0.25, -0.2) is 0 Å². The highest BCUT2D eigenvalue weighted by Crippen LogP contribution is 2.13. The van der Waals surface area contributed by atoms with Crippen LogP contribution in [0.15, 0.2) is 18.2 Å². The number of benzene rings is 1. The van der Waals surface area contributed by atoms with E-state index in [2.05, 4.69) is 30.3 Å². The molecule has 1 N–H and O–H groups in total. The van der Waals surface area contributed by atoms with Crippen molar-refractivity contribution in [3.05, 3.63) is 34.1 Å². The topological polar surface area (TPSA) is 66.4 Å². The number of carbonyl (C=O) groups is 1. The van der Waals surface area contributed by atoms with E-state index in [0.29, 0.717) is 18.0 Å².